The molecule has 2 heterocycles. The molecule has 0 saturated heterocycles. The number of carbonyl (C=O) groups excluding carboxylic acids is 1. The first kappa shape index (κ1) is 13.8. The highest BCUT2D eigenvalue weighted by Crippen LogP contribution is 2.31. The maximum absolute atomic E-state index is 12.8. The number of carbonyl (C=O) groups is 1. The van der Waals surface area contributed by atoms with Crippen molar-refractivity contribution in [3.63, 3.8) is 0 Å². The summed E-state index contributed by atoms with van der Waals surface area (Å²) in [6.45, 7) is 4.02. The van der Waals surface area contributed by atoms with Gasteiger partial charge < -0.3 is 15.2 Å². The van der Waals surface area contributed by atoms with Gasteiger partial charge in [-0.25, -0.2) is 4.98 Å². The Labute approximate surface area is 124 Å². The molecule has 2 N–H and O–H groups in total. The van der Waals surface area contributed by atoms with Crippen molar-refractivity contribution < 1.29 is 4.79 Å². The summed E-state index contributed by atoms with van der Waals surface area (Å²) in [5, 5.41) is 0. The summed E-state index contributed by atoms with van der Waals surface area (Å²) >= 11 is 0. The van der Waals surface area contributed by atoms with E-state index < -0.39 is 0 Å². The Bertz CT molecular complexity index is 662. The summed E-state index contributed by atoms with van der Waals surface area (Å²) in [5.41, 5.74) is 9.46. The molecule has 0 saturated carbocycles. The zero-order valence-corrected chi connectivity index (χ0v) is 12.2. The average molecular weight is 284 g/mol. The SMILES string of the molecule is Cc1cccc2c1N(C(=O)c1cn(CCN)cn1)CCC2. The van der Waals surface area contributed by atoms with Crippen LogP contribution in [0.2, 0.25) is 0 Å². The molecule has 5 heteroatoms. The molecule has 1 aromatic carbocycles. The fraction of sp³-hybridized carbons (Fsp3) is 0.375. The summed E-state index contributed by atoms with van der Waals surface area (Å²) in [4.78, 5) is 18.8. The van der Waals surface area contributed by atoms with Gasteiger partial charge in [0, 0.05) is 25.8 Å². The minimum absolute atomic E-state index is 0.0268. The molecule has 0 fully saturated rings. The van der Waals surface area contributed by atoms with Gasteiger partial charge in [0.15, 0.2) is 0 Å². The Hall–Kier alpha value is -2.14. The van der Waals surface area contributed by atoms with Gasteiger partial charge in [-0.1, -0.05) is 18.2 Å². The van der Waals surface area contributed by atoms with E-state index in [0.717, 1.165) is 30.6 Å². The van der Waals surface area contributed by atoms with Gasteiger partial charge in [0.2, 0.25) is 0 Å². The summed E-state index contributed by atoms with van der Waals surface area (Å²) in [5.74, 6) is -0.0268. The number of nitrogens with two attached hydrogens (primary N) is 1. The van der Waals surface area contributed by atoms with Crippen LogP contribution in [0.25, 0.3) is 0 Å². The lowest BCUT2D eigenvalue weighted by atomic mass is 9.98. The summed E-state index contributed by atoms with van der Waals surface area (Å²) in [7, 11) is 0. The number of aryl methyl sites for hydroxylation is 2. The van der Waals surface area contributed by atoms with Crippen LogP contribution in [0.5, 0.6) is 0 Å². The van der Waals surface area contributed by atoms with Crippen LogP contribution in [0.15, 0.2) is 30.7 Å². The molecule has 1 amide bonds. The molecule has 0 unspecified atom stereocenters. The van der Waals surface area contributed by atoms with Crippen LogP contribution >= 0.6 is 0 Å². The Morgan fingerprint density at radius 3 is 3.10 bits per heavy atom. The third kappa shape index (κ3) is 2.56. The molecule has 0 radical (unpaired) electrons. The molecule has 21 heavy (non-hydrogen) atoms. The van der Waals surface area contributed by atoms with Gasteiger partial charge in [-0.3, -0.25) is 4.79 Å². The second kappa shape index (κ2) is 5.69. The van der Waals surface area contributed by atoms with Crippen LogP contribution in [-0.4, -0.2) is 28.5 Å². The number of aromatic nitrogens is 2. The number of hydrogen-bond donors (Lipinski definition) is 1. The number of amides is 1. The quantitative estimate of drug-likeness (QED) is 0.933. The topological polar surface area (TPSA) is 64.2 Å². The Kier molecular flexibility index (Phi) is 3.75. The minimum atomic E-state index is -0.0268. The van der Waals surface area contributed by atoms with E-state index in [9.17, 15) is 4.79 Å². The number of para-hydroxylation sites is 1. The van der Waals surface area contributed by atoms with E-state index in [1.807, 2.05) is 9.47 Å². The lowest BCUT2D eigenvalue weighted by Gasteiger charge is -2.30. The molecular formula is C16H20N4O. The zero-order chi connectivity index (χ0) is 14.8. The van der Waals surface area contributed by atoms with Crippen LogP contribution in [0, 0.1) is 6.92 Å². The molecular weight excluding hydrogens is 264 g/mol. The summed E-state index contributed by atoms with van der Waals surface area (Å²) in [6.07, 6.45) is 5.47. The van der Waals surface area contributed by atoms with Crippen molar-refractivity contribution >= 4 is 11.6 Å². The third-order valence-corrected chi connectivity index (χ3v) is 3.90. The van der Waals surface area contributed by atoms with Gasteiger partial charge in [-0.05, 0) is 30.9 Å². The standard InChI is InChI=1S/C16H20N4O/c1-12-4-2-5-13-6-3-8-20(15(12)13)16(21)14-10-19(9-7-17)11-18-14/h2,4-5,10-11H,3,6-9,17H2,1H3. The van der Waals surface area contributed by atoms with Gasteiger partial charge in [-0.15, -0.1) is 0 Å². The number of nitrogens with zero attached hydrogens (tertiary/aromatic N) is 3. The molecule has 110 valence electrons. The van der Waals surface area contributed by atoms with Crippen molar-refractivity contribution in [1.29, 1.82) is 0 Å². The number of hydrogen-bond acceptors (Lipinski definition) is 3. The van der Waals surface area contributed by atoms with Crippen molar-refractivity contribution in [2.45, 2.75) is 26.3 Å². The van der Waals surface area contributed by atoms with Crippen LogP contribution in [-0.2, 0) is 13.0 Å². The van der Waals surface area contributed by atoms with Crippen LogP contribution in [0.4, 0.5) is 5.69 Å². The van der Waals surface area contributed by atoms with E-state index in [1.165, 1.54) is 5.56 Å². The zero-order valence-electron chi connectivity index (χ0n) is 12.2. The lowest BCUT2D eigenvalue weighted by molar-refractivity contribution is 0.0980. The Morgan fingerprint density at radius 1 is 1.43 bits per heavy atom. The van der Waals surface area contributed by atoms with Crippen molar-refractivity contribution in [2.75, 3.05) is 18.0 Å². The smallest absolute Gasteiger partial charge is 0.278 e. The molecule has 0 spiro atoms. The molecule has 0 atom stereocenters. The Balaban J connectivity index is 1.92. The minimum Gasteiger partial charge on any atom is -0.335 e. The lowest BCUT2D eigenvalue weighted by Crippen LogP contribution is -2.36. The predicted molar refractivity (Wildman–Crippen MR) is 82.5 cm³/mol. The first-order valence-electron chi connectivity index (χ1n) is 7.33. The largest absolute Gasteiger partial charge is 0.335 e. The monoisotopic (exact) mass is 284 g/mol. The van der Waals surface area contributed by atoms with E-state index in [1.54, 1.807) is 12.5 Å². The number of rotatable bonds is 3. The number of imidazole rings is 1. The number of benzene rings is 1. The van der Waals surface area contributed by atoms with Gasteiger partial charge in [0.05, 0.1) is 12.0 Å². The first-order valence-corrected chi connectivity index (χ1v) is 7.33. The normalized spacial score (nSPS) is 14.1. The van der Waals surface area contributed by atoms with Crippen molar-refractivity contribution in [2.24, 2.45) is 5.73 Å². The van der Waals surface area contributed by atoms with E-state index in [2.05, 4.69) is 30.1 Å². The molecule has 2 aromatic rings. The van der Waals surface area contributed by atoms with E-state index >= 15 is 0 Å². The highest BCUT2D eigenvalue weighted by atomic mass is 16.2. The highest BCUT2D eigenvalue weighted by molar-refractivity contribution is 6.05. The summed E-state index contributed by atoms with van der Waals surface area (Å²) in [6, 6.07) is 6.21. The Morgan fingerprint density at radius 2 is 2.29 bits per heavy atom. The molecule has 0 bridgehead atoms. The van der Waals surface area contributed by atoms with E-state index in [0.29, 0.717) is 18.8 Å². The van der Waals surface area contributed by atoms with Crippen LogP contribution in [0.3, 0.4) is 0 Å². The molecule has 3 rings (SSSR count). The average Bonchev–Trinajstić information content (AvgIpc) is 2.95. The molecule has 1 aliphatic heterocycles. The van der Waals surface area contributed by atoms with Gasteiger partial charge in [0.25, 0.3) is 5.91 Å². The van der Waals surface area contributed by atoms with Crippen molar-refractivity contribution in [3.05, 3.63) is 47.5 Å². The molecule has 1 aliphatic rings. The van der Waals surface area contributed by atoms with Crippen LogP contribution < -0.4 is 10.6 Å². The molecule has 1 aromatic heterocycles. The van der Waals surface area contributed by atoms with E-state index in [4.69, 9.17) is 5.73 Å². The van der Waals surface area contributed by atoms with E-state index in [-0.39, 0.29) is 5.91 Å². The van der Waals surface area contributed by atoms with Gasteiger partial charge in [-0.2, -0.15) is 0 Å². The summed E-state index contributed by atoms with van der Waals surface area (Å²) < 4.78 is 1.86. The maximum Gasteiger partial charge on any atom is 0.278 e. The fourth-order valence-electron chi connectivity index (χ4n) is 2.93. The van der Waals surface area contributed by atoms with Gasteiger partial charge in [0.1, 0.15) is 5.69 Å². The fourth-order valence-corrected chi connectivity index (χ4v) is 2.93. The second-order valence-corrected chi connectivity index (χ2v) is 5.43. The molecule has 0 aliphatic carbocycles. The van der Waals surface area contributed by atoms with Crippen molar-refractivity contribution in [3.8, 4) is 0 Å². The number of fused-ring (bicyclic) bond motifs is 1. The third-order valence-electron chi connectivity index (χ3n) is 3.90. The second-order valence-electron chi connectivity index (χ2n) is 5.43. The number of anilines is 1. The maximum atomic E-state index is 12.8. The van der Waals surface area contributed by atoms with Crippen LogP contribution in [0.1, 0.15) is 28.0 Å². The molecule has 5 nitrogen and oxygen atoms in total. The van der Waals surface area contributed by atoms with Crippen molar-refractivity contribution in [1.82, 2.24) is 9.55 Å². The first-order chi connectivity index (χ1) is 10.2. The highest BCUT2D eigenvalue weighted by Gasteiger charge is 2.26. The van der Waals surface area contributed by atoms with Gasteiger partial charge >= 0.3 is 0 Å². The predicted octanol–water partition coefficient (Wildman–Crippen LogP) is 1.74.